The maximum Gasteiger partial charge on any atom is 0.261 e. The van der Waals surface area contributed by atoms with E-state index < -0.39 is 0 Å². The number of amides is 2. The average Bonchev–Trinajstić information content (AvgIpc) is 3.23. The second-order valence-electron chi connectivity index (χ2n) is 5.65. The summed E-state index contributed by atoms with van der Waals surface area (Å²) >= 11 is 1.39. The van der Waals surface area contributed by atoms with Crippen molar-refractivity contribution < 1.29 is 23.8 Å². The molecule has 1 aromatic carbocycles. The number of benzene rings is 1. The SMILES string of the molecule is COc1cc(CNC(=O)CCCNC(=O)c2cccs2)cc(OC)c1OC. The van der Waals surface area contributed by atoms with Gasteiger partial charge in [-0.3, -0.25) is 9.59 Å². The fraction of sp³-hybridized carbons (Fsp3) is 0.368. The van der Waals surface area contributed by atoms with Crippen LogP contribution in [0.25, 0.3) is 0 Å². The van der Waals surface area contributed by atoms with Gasteiger partial charge in [0.25, 0.3) is 5.91 Å². The van der Waals surface area contributed by atoms with Gasteiger partial charge in [-0.05, 0) is 35.6 Å². The molecule has 0 aliphatic heterocycles. The van der Waals surface area contributed by atoms with Crippen LogP contribution in [-0.4, -0.2) is 39.7 Å². The number of nitrogens with one attached hydrogen (secondary N) is 2. The third-order valence-corrected chi connectivity index (χ3v) is 4.69. The van der Waals surface area contributed by atoms with E-state index in [2.05, 4.69) is 10.6 Å². The number of rotatable bonds is 10. The summed E-state index contributed by atoms with van der Waals surface area (Å²) in [5.41, 5.74) is 0.837. The zero-order valence-corrected chi connectivity index (χ0v) is 16.5. The highest BCUT2D eigenvalue weighted by Gasteiger charge is 2.13. The van der Waals surface area contributed by atoms with Crippen LogP contribution in [0.5, 0.6) is 17.2 Å². The molecular weight excluding hydrogens is 368 g/mol. The monoisotopic (exact) mass is 392 g/mol. The van der Waals surface area contributed by atoms with Crippen LogP contribution >= 0.6 is 11.3 Å². The van der Waals surface area contributed by atoms with Gasteiger partial charge in [0.1, 0.15) is 0 Å². The van der Waals surface area contributed by atoms with Gasteiger partial charge in [0.05, 0.1) is 26.2 Å². The predicted molar refractivity (Wildman–Crippen MR) is 104 cm³/mol. The Kier molecular flexibility index (Phi) is 7.94. The van der Waals surface area contributed by atoms with Gasteiger partial charge in [0.2, 0.25) is 11.7 Å². The Morgan fingerprint density at radius 2 is 1.74 bits per heavy atom. The fourth-order valence-corrected chi connectivity index (χ4v) is 3.11. The van der Waals surface area contributed by atoms with Crippen LogP contribution in [0.2, 0.25) is 0 Å². The maximum atomic E-state index is 12.0. The molecule has 2 aromatic rings. The molecule has 0 atom stereocenters. The molecule has 146 valence electrons. The number of ether oxygens (including phenoxy) is 3. The molecule has 0 saturated carbocycles. The van der Waals surface area contributed by atoms with Gasteiger partial charge in [-0.25, -0.2) is 0 Å². The van der Waals surface area contributed by atoms with E-state index in [-0.39, 0.29) is 11.8 Å². The van der Waals surface area contributed by atoms with Crippen LogP contribution in [0, 0.1) is 0 Å². The molecule has 27 heavy (non-hydrogen) atoms. The van der Waals surface area contributed by atoms with Crippen molar-refractivity contribution in [2.24, 2.45) is 0 Å². The van der Waals surface area contributed by atoms with Gasteiger partial charge >= 0.3 is 0 Å². The van der Waals surface area contributed by atoms with Crippen molar-refractivity contribution in [1.82, 2.24) is 10.6 Å². The van der Waals surface area contributed by atoms with Gasteiger partial charge in [0.15, 0.2) is 11.5 Å². The first kappa shape index (κ1) is 20.6. The second-order valence-corrected chi connectivity index (χ2v) is 6.59. The molecule has 8 heteroatoms. The van der Waals surface area contributed by atoms with Crippen molar-refractivity contribution in [3.63, 3.8) is 0 Å². The minimum Gasteiger partial charge on any atom is -0.493 e. The quantitative estimate of drug-likeness (QED) is 0.607. The van der Waals surface area contributed by atoms with E-state index in [9.17, 15) is 9.59 Å². The summed E-state index contributed by atoms with van der Waals surface area (Å²) in [6, 6.07) is 7.19. The third kappa shape index (κ3) is 5.89. The van der Waals surface area contributed by atoms with Gasteiger partial charge in [0, 0.05) is 19.5 Å². The van der Waals surface area contributed by atoms with E-state index in [1.54, 1.807) is 39.5 Å². The number of hydrogen-bond donors (Lipinski definition) is 2. The molecule has 2 rings (SSSR count). The summed E-state index contributed by atoms with van der Waals surface area (Å²) in [6.07, 6.45) is 0.896. The topological polar surface area (TPSA) is 85.9 Å². The minimum atomic E-state index is -0.108. The standard InChI is InChI=1S/C19H24N2O5S/c1-24-14-10-13(11-15(25-2)18(14)26-3)12-21-17(22)7-4-8-20-19(23)16-6-5-9-27-16/h5-6,9-11H,4,7-8,12H2,1-3H3,(H,20,23)(H,21,22). The molecule has 0 unspecified atom stereocenters. The third-order valence-electron chi connectivity index (χ3n) is 3.83. The second kappa shape index (κ2) is 10.4. The fourth-order valence-electron chi connectivity index (χ4n) is 2.47. The summed E-state index contributed by atoms with van der Waals surface area (Å²) in [7, 11) is 4.63. The van der Waals surface area contributed by atoms with Crippen molar-refractivity contribution in [3.8, 4) is 17.2 Å². The van der Waals surface area contributed by atoms with Gasteiger partial charge in [-0.15, -0.1) is 11.3 Å². The Morgan fingerprint density at radius 1 is 1.04 bits per heavy atom. The average molecular weight is 392 g/mol. The lowest BCUT2D eigenvalue weighted by Gasteiger charge is -2.14. The van der Waals surface area contributed by atoms with Gasteiger partial charge < -0.3 is 24.8 Å². The molecule has 0 aliphatic carbocycles. The van der Waals surface area contributed by atoms with E-state index in [1.165, 1.54) is 11.3 Å². The molecule has 2 amide bonds. The van der Waals surface area contributed by atoms with E-state index in [0.717, 1.165) is 5.56 Å². The number of carbonyl (C=O) groups is 2. The lowest BCUT2D eigenvalue weighted by molar-refractivity contribution is -0.121. The van der Waals surface area contributed by atoms with Crippen molar-refractivity contribution in [1.29, 1.82) is 0 Å². The van der Waals surface area contributed by atoms with Crippen molar-refractivity contribution in [2.45, 2.75) is 19.4 Å². The Labute approximate surface area is 162 Å². The smallest absolute Gasteiger partial charge is 0.261 e. The van der Waals surface area contributed by atoms with Crippen molar-refractivity contribution in [3.05, 3.63) is 40.1 Å². The highest BCUT2D eigenvalue weighted by molar-refractivity contribution is 7.12. The predicted octanol–water partition coefficient (Wildman–Crippen LogP) is 2.60. The van der Waals surface area contributed by atoms with Crippen molar-refractivity contribution >= 4 is 23.2 Å². The molecule has 0 bridgehead atoms. The van der Waals surface area contributed by atoms with Gasteiger partial charge in [-0.2, -0.15) is 0 Å². The maximum absolute atomic E-state index is 12.0. The Balaban J connectivity index is 1.77. The van der Waals surface area contributed by atoms with E-state index in [0.29, 0.717) is 48.1 Å². The van der Waals surface area contributed by atoms with E-state index in [1.807, 2.05) is 11.4 Å². The summed E-state index contributed by atoms with van der Waals surface area (Å²) < 4.78 is 15.9. The van der Waals surface area contributed by atoms with Gasteiger partial charge in [-0.1, -0.05) is 6.07 Å². The molecule has 1 aromatic heterocycles. The molecule has 7 nitrogen and oxygen atoms in total. The van der Waals surface area contributed by atoms with Crippen LogP contribution < -0.4 is 24.8 Å². The molecule has 0 fully saturated rings. The van der Waals surface area contributed by atoms with Crippen LogP contribution in [0.4, 0.5) is 0 Å². The molecule has 2 N–H and O–H groups in total. The molecular formula is C19H24N2O5S. The van der Waals surface area contributed by atoms with Crippen LogP contribution in [0.3, 0.4) is 0 Å². The number of hydrogen-bond acceptors (Lipinski definition) is 6. The van der Waals surface area contributed by atoms with Crippen molar-refractivity contribution in [2.75, 3.05) is 27.9 Å². The largest absolute Gasteiger partial charge is 0.493 e. The Hall–Kier alpha value is -2.74. The van der Waals surface area contributed by atoms with Crippen LogP contribution in [0.1, 0.15) is 28.1 Å². The number of methoxy groups -OCH3 is 3. The summed E-state index contributed by atoms with van der Waals surface area (Å²) in [5.74, 6) is 1.39. The van der Waals surface area contributed by atoms with E-state index in [4.69, 9.17) is 14.2 Å². The normalized spacial score (nSPS) is 10.2. The first-order chi connectivity index (χ1) is 13.1. The highest BCUT2D eigenvalue weighted by atomic mass is 32.1. The Bertz CT molecular complexity index is 736. The Morgan fingerprint density at radius 3 is 2.30 bits per heavy atom. The minimum absolute atomic E-state index is 0.0888. The first-order valence-electron chi connectivity index (χ1n) is 8.46. The molecule has 0 saturated heterocycles. The highest BCUT2D eigenvalue weighted by Crippen LogP contribution is 2.38. The molecule has 0 spiro atoms. The zero-order chi connectivity index (χ0) is 19.6. The summed E-state index contributed by atoms with van der Waals surface area (Å²) in [4.78, 5) is 24.5. The van der Waals surface area contributed by atoms with Crippen LogP contribution in [0.15, 0.2) is 29.6 Å². The molecule has 1 heterocycles. The van der Waals surface area contributed by atoms with E-state index >= 15 is 0 Å². The summed E-state index contributed by atoms with van der Waals surface area (Å²) in [6.45, 7) is 0.797. The lowest BCUT2D eigenvalue weighted by atomic mass is 10.1. The lowest BCUT2D eigenvalue weighted by Crippen LogP contribution is -2.27. The zero-order valence-electron chi connectivity index (χ0n) is 15.7. The number of thiophene rings is 1. The molecule has 0 radical (unpaired) electrons. The summed E-state index contributed by atoms with van der Waals surface area (Å²) in [5, 5.41) is 7.51. The number of carbonyl (C=O) groups excluding carboxylic acids is 2. The van der Waals surface area contributed by atoms with Crippen LogP contribution in [-0.2, 0) is 11.3 Å². The molecule has 0 aliphatic rings. The first-order valence-corrected chi connectivity index (χ1v) is 9.34.